The Morgan fingerprint density at radius 1 is 0.786 bits per heavy atom. The average Bonchev–Trinajstić information content (AvgIpc) is 2.54. The van der Waals surface area contributed by atoms with Gasteiger partial charge < -0.3 is 20.4 Å². The van der Waals surface area contributed by atoms with Gasteiger partial charge in [0.05, 0.1) is 0 Å². The van der Waals surface area contributed by atoms with Gasteiger partial charge in [0.25, 0.3) is 0 Å². The van der Waals surface area contributed by atoms with E-state index in [-0.39, 0.29) is 199 Å². The SMILES string of the molecule is C=Cc1cc(O)cc(O)c1.CCC(C)c1cc(O)cc(O)c1.FF.[Ac].[Ac].[Ac].[Ac]. The number of hydrogen-bond donors (Lipinski definition) is 4. The normalized spacial score (nSPS) is 9.00. The monoisotopic (exact) mass is 1250 g/mol. The van der Waals surface area contributed by atoms with Gasteiger partial charge in [-0.3, -0.25) is 0 Å². The fraction of sp³-hybridized carbons (Fsp3) is 0.222. The van der Waals surface area contributed by atoms with Crippen molar-refractivity contribution in [1.82, 2.24) is 0 Å². The van der Waals surface area contributed by atoms with Crippen molar-refractivity contribution in [3.63, 3.8) is 0 Å². The number of phenols is 4. The molecule has 0 heterocycles. The average molecular weight is 1250 g/mol. The Morgan fingerprint density at radius 2 is 1.11 bits per heavy atom. The van der Waals surface area contributed by atoms with E-state index in [2.05, 4.69) is 20.4 Å². The van der Waals surface area contributed by atoms with Crippen LogP contribution in [0.2, 0.25) is 0 Å². The van der Waals surface area contributed by atoms with Crippen molar-refractivity contribution in [2.75, 3.05) is 0 Å². The van der Waals surface area contributed by atoms with Gasteiger partial charge in [-0.05, 0) is 47.7 Å². The molecular weight excluding hydrogens is 1230 g/mol. The summed E-state index contributed by atoms with van der Waals surface area (Å²) in [5, 5.41) is 36.2. The van der Waals surface area contributed by atoms with E-state index in [9.17, 15) is 10.2 Å². The third kappa shape index (κ3) is 18.6. The van der Waals surface area contributed by atoms with Gasteiger partial charge in [0, 0.05) is 198 Å². The number of hydrogen-bond acceptors (Lipinski definition) is 4. The molecule has 0 spiro atoms. The molecule has 10 heteroatoms. The van der Waals surface area contributed by atoms with Crippen molar-refractivity contribution in [1.29, 1.82) is 0 Å². The third-order valence-electron chi connectivity index (χ3n) is 3.27. The summed E-state index contributed by atoms with van der Waals surface area (Å²) in [6.07, 6.45) is 2.56. The fourth-order valence-corrected chi connectivity index (χ4v) is 1.87. The molecule has 4 nitrogen and oxygen atoms in total. The maximum Gasteiger partial charge on any atom is 0.119 e. The quantitative estimate of drug-likeness (QED) is 0.342. The van der Waals surface area contributed by atoms with Crippen LogP contribution in [0.5, 0.6) is 23.0 Å². The van der Waals surface area contributed by atoms with Crippen molar-refractivity contribution in [3.8, 4) is 23.0 Å². The summed E-state index contributed by atoms with van der Waals surface area (Å²) < 4.78 is 16.0. The zero-order valence-corrected chi connectivity index (χ0v) is 34.9. The Kier molecular flexibility index (Phi) is 36.3. The standard InChI is InChI=1S/C10H14O2.C8H8O2.4Ac.F2/c1-3-7(2)8-4-9(11)6-10(12)5-8;1-2-6-3-7(9)5-8(10)4-6;;;;;1-2/h4-7,11-12H,3H2,1-2H3;2-5,9-10H,1H2;;;;;. The van der Waals surface area contributed by atoms with Crippen LogP contribution in [0.3, 0.4) is 0 Å². The van der Waals surface area contributed by atoms with E-state index in [1.165, 1.54) is 24.3 Å². The van der Waals surface area contributed by atoms with Gasteiger partial charge >= 0.3 is 0 Å². The minimum Gasteiger partial charge on any atom is -0.508 e. The second-order valence-corrected chi connectivity index (χ2v) is 5.08. The summed E-state index contributed by atoms with van der Waals surface area (Å²) in [4.78, 5) is 0. The molecular formula is C18H22Ac4F2O4. The molecule has 28 heavy (non-hydrogen) atoms. The summed E-state index contributed by atoms with van der Waals surface area (Å²) in [6.45, 7) is 7.63. The molecule has 4 N–H and O–H groups in total. The van der Waals surface area contributed by atoms with Crippen LogP contribution < -0.4 is 0 Å². The molecule has 0 bridgehead atoms. The summed E-state index contributed by atoms with van der Waals surface area (Å²) in [5.74, 6) is 0.739. The second-order valence-electron chi connectivity index (χ2n) is 5.08. The van der Waals surface area contributed by atoms with E-state index in [0.717, 1.165) is 12.0 Å². The first kappa shape index (κ1) is 41.3. The van der Waals surface area contributed by atoms with Crippen molar-refractivity contribution in [2.45, 2.75) is 26.2 Å². The van der Waals surface area contributed by atoms with Crippen LogP contribution >= 0.6 is 0 Å². The van der Waals surface area contributed by atoms with Gasteiger partial charge in [-0.25, -0.2) is 0 Å². The minimum absolute atomic E-state index is 0. The van der Waals surface area contributed by atoms with Crippen LogP contribution in [-0.2, 0) is 0 Å². The number of halogens is 2. The molecule has 0 aliphatic rings. The zero-order chi connectivity index (χ0) is 18.7. The summed E-state index contributed by atoms with van der Waals surface area (Å²) in [6, 6.07) is 9.03. The van der Waals surface area contributed by atoms with Gasteiger partial charge in [-0.1, -0.05) is 26.5 Å². The molecule has 0 aliphatic heterocycles. The van der Waals surface area contributed by atoms with Crippen LogP contribution in [-0.4, -0.2) is 20.4 Å². The summed E-state index contributed by atoms with van der Waals surface area (Å²) in [5.41, 5.74) is 1.69. The van der Waals surface area contributed by atoms with Crippen LogP contribution in [0, 0.1) is 176 Å². The Labute approximate surface area is 308 Å². The maximum absolute atomic E-state index is 9.18. The second kappa shape index (κ2) is 24.6. The number of phenolic OH excluding ortho intramolecular Hbond substituents is 4. The maximum atomic E-state index is 9.18. The van der Waals surface area contributed by atoms with Gasteiger partial charge in [-0.2, -0.15) is 0 Å². The molecule has 0 fully saturated rings. The van der Waals surface area contributed by atoms with Crippen LogP contribution in [0.25, 0.3) is 6.08 Å². The van der Waals surface area contributed by atoms with Crippen LogP contribution in [0.1, 0.15) is 37.3 Å². The topological polar surface area (TPSA) is 80.9 Å². The van der Waals surface area contributed by atoms with E-state index in [1.54, 1.807) is 18.2 Å². The first-order valence-electron chi connectivity index (χ1n) is 7.18. The smallest absolute Gasteiger partial charge is 0.119 e. The third-order valence-corrected chi connectivity index (χ3v) is 3.27. The predicted molar refractivity (Wildman–Crippen MR) is 90.6 cm³/mol. The summed E-state index contributed by atoms with van der Waals surface area (Å²) in [7, 11) is 0. The van der Waals surface area contributed by atoms with E-state index in [0.29, 0.717) is 11.5 Å². The number of benzene rings is 2. The predicted octanol–water partition coefficient (Wildman–Crippen LogP) is 5.19. The molecule has 1 atom stereocenters. The van der Waals surface area contributed by atoms with Crippen molar-refractivity contribution in [3.05, 3.63) is 54.1 Å². The van der Waals surface area contributed by atoms with Gasteiger partial charge in [0.15, 0.2) is 0 Å². The molecule has 0 aromatic heterocycles. The van der Waals surface area contributed by atoms with Gasteiger partial charge in [0.1, 0.15) is 23.0 Å². The van der Waals surface area contributed by atoms with E-state index < -0.39 is 0 Å². The molecule has 4 radical (unpaired) electrons. The van der Waals surface area contributed by atoms with E-state index >= 15 is 0 Å². The molecule has 1 unspecified atom stereocenters. The first-order valence-corrected chi connectivity index (χ1v) is 7.18. The van der Waals surface area contributed by atoms with Crippen molar-refractivity contribution >= 4 is 6.08 Å². The zero-order valence-electron chi connectivity index (χ0n) is 15.9. The van der Waals surface area contributed by atoms with Crippen molar-refractivity contribution < 1.29 is 206 Å². The Bertz CT molecular complexity index is 621. The molecule has 2 aromatic carbocycles. The van der Waals surface area contributed by atoms with Gasteiger partial charge in [-0.15, -0.1) is 0 Å². The Balaban J connectivity index is -0.000000103. The molecule has 0 aliphatic carbocycles. The van der Waals surface area contributed by atoms with Crippen LogP contribution in [0.15, 0.2) is 43.0 Å². The van der Waals surface area contributed by atoms with Crippen molar-refractivity contribution in [2.24, 2.45) is 0 Å². The van der Waals surface area contributed by atoms with E-state index in [4.69, 9.17) is 19.4 Å². The Hall–Kier alpha value is 3.01. The fourth-order valence-electron chi connectivity index (χ4n) is 1.87. The molecule has 0 saturated carbocycles. The van der Waals surface area contributed by atoms with E-state index in [1.807, 2.05) is 0 Å². The summed E-state index contributed by atoms with van der Waals surface area (Å²) >= 11 is 0. The number of rotatable bonds is 3. The van der Waals surface area contributed by atoms with Gasteiger partial charge in [0.2, 0.25) is 0 Å². The molecule has 0 saturated heterocycles. The largest absolute Gasteiger partial charge is 0.508 e. The Morgan fingerprint density at radius 3 is 1.39 bits per heavy atom. The minimum atomic E-state index is 0. The first-order chi connectivity index (χ1) is 11.3. The molecule has 0 amide bonds. The molecule has 2 aromatic rings. The van der Waals surface area contributed by atoms with Crippen LogP contribution in [0.4, 0.5) is 9.15 Å². The molecule has 144 valence electrons. The number of aromatic hydroxyl groups is 4. The molecule has 2 rings (SSSR count).